The molecule has 194 valence electrons. The van der Waals surface area contributed by atoms with Crippen LogP contribution in [-0.4, -0.2) is 32.3 Å². The molecule has 0 aromatic heterocycles. The minimum absolute atomic E-state index is 0.128. The van der Waals surface area contributed by atoms with Crippen LogP contribution in [0.25, 0.3) is 0 Å². The molecule has 0 saturated carbocycles. The maximum atomic E-state index is 13.2. The van der Waals surface area contributed by atoms with E-state index >= 15 is 0 Å². The Kier molecular flexibility index (Phi) is 6.29. The molecular formula is C28H16O8S3. The molecule has 0 amide bonds. The fourth-order valence-corrected chi connectivity index (χ4v) is 7.33. The molecule has 1 aliphatic carbocycles. The zero-order chi connectivity index (χ0) is 27.3. The zero-order valence-corrected chi connectivity index (χ0v) is 22.2. The van der Waals surface area contributed by atoms with E-state index in [0.29, 0.717) is 4.90 Å². The van der Waals surface area contributed by atoms with E-state index in [9.17, 15) is 27.6 Å². The van der Waals surface area contributed by atoms with Crippen molar-refractivity contribution in [2.45, 2.75) is 24.5 Å². The highest BCUT2D eigenvalue weighted by atomic mass is 32.2. The number of esters is 4. The number of rotatable bonds is 6. The number of ether oxygens (including phenoxy) is 2. The molecule has 8 nitrogen and oxygen atoms in total. The summed E-state index contributed by atoms with van der Waals surface area (Å²) in [5, 5.41) is 0. The first-order valence-electron chi connectivity index (χ1n) is 11.6. The van der Waals surface area contributed by atoms with Gasteiger partial charge in [-0.05, 0) is 66.7 Å². The van der Waals surface area contributed by atoms with Gasteiger partial charge in [-0.2, -0.15) is 0 Å². The van der Waals surface area contributed by atoms with Crippen molar-refractivity contribution in [1.82, 2.24) is 0 Å². The molecule has 6 rings (SSSR count). The number of benzene rings is 3. The smallest absolute Gasteiger partial charge is 0.346 e. The molecular weight excluding hydrogens is 561 g/mol. The summed E-state index contributed by atoms with van der Waals surface area (Å²) in [6.07, 6.45) is 5.10. The summed E-state index contributed by atoms with van der Waals surface area (Å²) in [6, 6.07) is 17.6. The molecule has 39 heavy (non-hydrogen) atoms. The molecule has 2 heterocycles. The van der Waals surface area contributed by atoms with Crippen molar-refractivity contribution < 1.29 is 37.1 Å². The SMILES string of the molecule is O=C1OC(=O)c2cc(Sc3ccc(S(=O)(=O)c4ccc(SC5=CC6C(=O)OC(=O)C6C=C5)cc4)cc3)ccc21. The van der Waals surface area contributed by atoms with Gasteiger partial charge in [-0.25, -0.2) is 18.0 Å². The van der Waals surface area contributed by atoms with E-state index in [1.54, 1.807) is 54.6 Å². The Morgan fingerprint density at radius 2 is 1.18 bits per heavy atom. The number of fused-ring (bicyclic) bond motifs is 2. The molecule has 0 spiro atoms. The second-order valence-corrected chi connectivity index (χ2v) is 13.0. The number of hydrogen-bond acceptors (Lipinski definition) is 10. The van der Waals surface area contributed by atoms with Crippen LogP contribution in [0.1, 0.15) is 20.7 Å². The highest BCUT2D eigenvalue weighted by Gasteiger charge is 2.43. The Hall–Kier alpha value is -3.93. The normalized spacial score (nSPS) is 19.8. The Bertz CT molecular complexity index is 1740. The van der Waals surface area contributed by atoms with Crippen LogP contribution in [0.5, 0.6) is 0 Å². The molecule has 2 aliphatic heterocycles. The topological polar surface area (TPSA) is 121 Å². The summed E-state index contributed by atoms with van der Waals surface area (Å²) in [4.78, 5) is 50.2. The largest absolute Gasteiger partial charge is 0.392 e. The van der Waals surface area contributed by atoms with E-state index in [1.807, 2.05) is 0 Å². The third kappa shape index (κ3) is 4.73. The van der Waals surface area contributed by atoms with Gasteiger partial charge in [0.2, 0.25) is 9.84 Å². The summed E-state index contributed by atoms with van der Waals surface area (Å²) in [6.45, 7) is 0. The van der Waals surface area contributed by atoms with Gasteiger partial charge in [-0.15, -0.1) is 0 Å². The molecule has 11 heteroatoms. The summed E-state index contributed by atoms with van der Waals surface area (Å²) in [5.74, 6) is -3.67. The van der Waals surface area contributed by atoms with Gasteiger partial charge in [0.25, 0.3) is 0 Å². The Balaban J connectivity index is 1.14. The molecule has 3 aromatic rings. The number of allylic oxidation sites excluding steroid dienone is 1. The van der Waals surface area contributed by atoms with Crippen LogP contribution in [0.3, 0.4) is 0 Å². The lowest BCUT2D eigenvalue weighted by atomic mass is 9.91. The highest BCUT2D eigenvalue weighted by molar-refractivity contribution is 8.03. The minimum atomic E-state index is -3.77. The van der Waals surface area contributed by atoms with Gasteiger partial charge in [0.05, 0.1) is 32.8 Å². The standard InChI is InChI=1S/C28H16O8S3/c29-25-21-11-5-17(13-23(21)27(31)35-25)37-15-1-7-19(8-2-15)39(33,34)20-9-3-16(4-10-20)38-18-6-12-22-24(14-18)28(32)36-26(22)30/h1-14,21,23H. The third-order valence-electron chi connectivity index (χ3n) is 6.30. The Morgan fingerprint density at radius 3 is 1.85 bits per heavy atom. The van der Waals surface area contributed by atoms with Gasteiger partial charge in [0, 0.05) is 19.6 Å². The number of thioether (sulfide) groups is 1. The lowest BCUT2D eigenvalue weighted by Crippen LogP contribution is -2.16. The van der Waals surface area contributed by atoms with Gasteiger partial charge >= 0.3 is 23.9 Å². The van der Waals surface area contributed by atoms with Crippen LogP contribution in [0.4, 0.5) is 0 Å². The first-order chi connectivity index (χ1) is 18.7. The number of carbonyl (C=O) groups excluding carboxylic acids is 4. The third-order valence-corrected chi connectivity index (χ3v) is 10.1. The highest BCUT2D eigenvalue weighted by Crippen LogP contribution is 2.38. The predicted octanol–water partition coefficient (Wildman–Crippen LogP) is 4.84. The molecule has 3 aromatic carbocycles. The summed E-state index contributed by atoms with van der Waals surface area (Å²) >= 11 is 2.67. The Labute approximate surface area is 231 Å². The van der Waals surface area contributed by atoms with Crippen molar-refractivity contribution in [3.05, 3.63) is 101 Å². The van der Waals surface area contributed by atoms with E-state index in [-0.39, 0.29) is 20.9 Å². The molecule has 0 N–H and O–H groups in total. The first-order valence-corrected chi connectivity index (χ1v) is 14.7. The maximum absolute atomic E-state index is 13.2. The second-order valence-electron chi connectivity index (χ2n) is 8.75. The van der Waals surface area contributed by atoms with Gasteiger partial charge in [-0.1, -0.05) is 41.8 Å². The molecule has 1 fully saturated rings. The van der Waals surface area contributed by atoms with Gasteiger partial charge in [0.1, 0.15) is 0 Å². The second kappa shape index (κ2) is 9.67. The fraction of sp³-hybridized carbons (Fsp3) is 0.0714. The average Bonchev–Trinajstić information content (AvgIpc) is 3.37. The van der Waals surface area contributed by atoms with E-state index in [4.69, 9.17) is 0 Å². The van der Waals surface area contributed by atoms with E-state index in [0.717, 1.165) is 14.7 Å². The van der Waals surface area contributed by atoms with Crippen molar-refractivity contribution in [3.8, 4) is 0 Å². The monoisotopic (exact) mass is 576 g/mol. The van der Waals surface area contributed by atoms with Crippen molar-refractivity contribution in [1.29, 1.82) is 0 Å². The van der Waals surface area contributed by atoms with E-state index < -0.39 is 45.6 Å². The lowest BCUT2D eigenvalue weighted by Gasteiger charge is -2.13. The van der Waals surface area contributed by atoms with Gasteiger partial charge < -0.3 is 9.47 Å². The summed E-state index contributed by atoms with van der Waals surface area (Å²) in [5.41, 5.74) is 0.438. The van der Waals surface area contributed by atoms with E-state index in [2.05, 4.69) is 9.47 Å². The van der Waals surface area contributed by atoms with Crippen LogP contribution in [-0.2, 0) is 28.9 Å². The maximum Gasteiger partial charge on any atom is 0.346 e. The Morgan fingerprint density at radius 1 is 0.615 bits per heavy atom. The predicted molar refractivity (Wildman–Crippen MR) is 140 cm³/mol. The number of carbonyl (C=O) groups is 4. The first kappa shape index (κ1) is 25.4. The van der Waals surface area contributed by atoms with Crippen LogP contribution in [0.15, 0.2) is 114 Å². The van der Waals surface area contributed by atoms with E-state index in [1.165, 1.54) is 53.9 Å². The molecule has 0 bridgehead atoms. The number of hydrogen-bond donors (Lipinski definition) is 0. The molecule has 3 aliphatic rings. The van der Waals surface area contributed by atoms with Crippen molar-refractivity contribution in [2.75, 3.05) is 0 Å². The van der Waals surface area contributed by atoms with Crippen molar-refractivity contribution in [3.63, 3.8) is 0 Å². The molecule has 2 unspecified atom stereocenters. The molecule has 2 atom stereocenters. The molecule has 1 saturated heterocycles. The lowest BCUT2D eigenvalue weighted by molar-refractivity contribution is -0.153. The number of sulfone groups is 1. The van der Waals surface area contributed by atoms with Crippen LogP contribution >= 0.6 is 23.5 Å². The summed E-state index contributed by atoms with van der Waals surface area (Å²) in [7, 11) is -3.77. The van der Waals surface area contributed by atoms with Crippen molar-refractivity contribution >= 4 is 57.2 Å². The molecule has 0 radical (unpaired) electrons. The summed E-state index contributed by atoms with van der Waals surface area (Å²) < 4.78 is 35.7. The van der Waals surface area contributed by atoms with Gasteiger partial charge in [-0.3, -0.25) is 9.59 Å². The number of cyclic esters (lactones) is 4. The fourth-order valence-electron chi connectivity index (χ4n) is 4.31. The van der Waals surface area contributed by atoms with Crippen LogP contribution in [0.2, 0.25) is 0 Å². The zero-order valence-electron chi connectivity index (χ0n) is 19.7. The van der Waals surface area contributed by atoms with Crippen LogP contribution < -0.4 is 0 Å². The van der Waals surface area contributed by atoms with Crippen LogP contribution in [0, 0.1) is 11.8 Å². The van der Waals surface area contributed by atoms with Crippen molar-refractivity contribution in [2.24, 2.45) is 11.8 Å². The average molecular weight is 577 g/mol. The quantitative estimate of drug-likeness (QED) is 0.298. The van der Waals surface area contributed by atoms with Gasteiger partial charge in [0.15, 0.2) is 0 Å². The minimum Gasteiger partial charge on any atom is -0.392 e.